The van der Waals surface area contributed by atoms with Crippen LogP contribution in [0, 0.1) is 0 Å². The number of aromatic nitrogens is 2. The Morgan fingerprint density at radius 2 is 2.29 bits per heavy atom. The van der Waals surface area contributed by atoms with Gasteiger partial charge in [0.2, 0.25) is 0 Å². The largest absolute Gasteiger partial charge is 0.383 e. The van der Waals surface area contributed by atoms with Crippen LogP contribution in [0.4, 0.5) is 0 Å². The quantitative estimate of drug-likeness (QED) is 0.768. The highest BCUT2D eigenvalue weighted by Crippen LogP contribution is 2.10. The van der Waals surface area contributed by atoms with Crippen LogP contribution in [0.5, 0.6) is 0 Å². The lowest BCUT2D eigenvalue weighted by molar-refractivity contribution is 0.167. The Balaban J connectivity index is 2.50. The van der Waals surface area contributed by atoms with Crippen LogP contribution in [0.15, 0.2) is 12.3 Å². The van der Waals surface area contributed by atoms with Gasteiger partial charge in [0.15, 0.2) is 0 Å². The van der Waals surface area contributed by atoms with E-state index >= 15 is 0 Å². The SMILES string of the molecule is COCC(C)NC(C)c1ccnn1C. The summed E-state index contributed by atoms with van der Waals surface area (Å²) < 4.78 is 6.95. The summed E-state index contributed by atoms with van der Waals surface area (Å²) >= 11 is 0. The number of ether oxygens (including phenoxy) is 1. The Labute approximate surface area is 85.3 Å². The normalized spacial score (nSPS) is 15.4. The molecule has 0 aromatic carbocycles. The number of nitrogens with one attached hydrogen (secondary N) is 1. The maximum Gasteiger partial charge on any atom is 0.0613 e. The number of methoxy groups -OCH3 is 1. The van der Waals surface area contributed by atoms with E-state index in [0.717, 1.165) is 6.61 Å². The molecule has 0 radical (unpaired) electrons. The molecule has 4 heteroatoms. The van der Waals surface area contributed by atoms with Gasteiger partial charge in [-0.25, -0.2) is 0 Å². The van der Waals surface area contributed by atoms with Gasteiger partial charge in [0.1, 0.15) is 0 Å². The van der Waals surface area contributed by atoms with Crippen LogP contribution in [0.1, 0.15) is 25.6 Å². The molecular formula is C10H19N3O. The molecule has 14 heavy (non-hydrogen) atoms. The fourth-order valence-electron chi connectivity index (χ4n) is 1.62. The van der Waals surface area contributed by atoms with Crippen molar-refractivity contribution in [3.63, 3.8) is 0 Å². The average Bonchev–Trinajstić information content (AvgIpc) is 2.51. The first-order valence-corrected chi connectivity index (χ1v) is 4.88. The van der Waals surface area contributed by atoms with E-state index < -0.39 is 0 Å². The Kier molecular flexibility index (Phi) is 4.10. The molecule has 0 aliphatic carbocycles. The second-order valence-corrected chi connectivity index (χ2v) is 3.62. The number of hydrogen-bond donors (Lipinski definition) is 1. The molecule has 0 saturated carbocycles. The third-order valence-electron chi connectivity index (χ3n) is 2.25. The first-order chi connectivity index (χ1) is 6.65. The molecule has 0 fully saturated rings. The van der Waals surface area contributed by atoms with E-state index in [-0.39, 0.29) is 0 Å². The van der Waals surface area contributed by atoms with Crippen LogP contribution < -0.4 is 5.32 Å². The number of hydrogen-bond acceptors (Lipinski definition) is 3. The predicted octanol–water partition coefficient (Wildman–Crippen LogP) is 1.11. The van der Waals surface area contributed by atoms with E-state index in [1.54, 1.807) is 7.11 Å². The van der Waals surface area contributed by atoms with Crippen molar-refractivity contribution >= 4 is 0 Å². The van der Waals surface area contributed by atoms with Crippen molar-refractivity contribution in [1.82, 2.24) is 15.1 Å². The summed E-state index contributed by atoms with van der Waals surface area (Å²) in [6.45, 7) is 4.96. The Morgan fingerprint density at radius 3 is 2.79 bits per heavy atom. The van der Waals surface area contributed by atoms with Gasteiger partial charge in [-0.15, -0.1) is 0 Å². The molecule has 1 heterocycles. The maximum absolute atomic E-state index is 5.07. The lowest BCUT2D eigenvalue weighted by Gasteiger charge is -2.19. The summed E-state index contributed by atoms with van der Waals surface area (Å²) in [5.41, 5.74) is 1.19. The van der Waals surface area contributed by atoms with Gasteiger partial charge in [0.05, 0.1) is 12.3 Å². The third-order valence-corrected chi connectivity index (χ3v) is 2.25. The summed E-state index contributed by atoms with van der Waals surface area (Å²) in [5.74, 6) is 0. The van der Waals surface area contributed by atoms with E-state index in [4.69, 9.17) is 4.74 Å². The van der Waals surface area contributed by atoms with Gasteiger partial charge in [-0.1, -0.05) is 0 Å². The molecule has 2 unspecified atom stereocenters. The fraction of sp³-hybridized carbons (Fsp3) is 0.700. The number of nitrogens with zero attached hydrogens (tertiary/aromatic N) is 2. The summed E-state index contributed by atoms with van der Waals surface area (Å²) in [4.78, 5) is 0. The van der Waals surface area contributed by atoms with Crippen molar-refractivity contribution < 1.29 is 4.74 Å². The zero-order chi connectivity index (χ0) is 10.6. The Morgan fingerprint density at radius 1 is 1.57 bits per heavy atom. The molecule has 0 spiro atoms. The minimum Gasteiger partial charge on any atom is -0.383 e. The summed E-state index contributed by atoms with van der Waals surface area (Å²) in [7, 11) is 3.67. The van der Waals surface area contributed by atoms with Gasteiger partial charge in [-0.2, -0.15) is 5.10 Å². The second-order valence-electron chi connectivity index (χ2n) is 3.62. The van der Waals surface area contributed by atoms with Gasteiger partial charge in [-0.05, 0) is 19.9 Å². The van der Waals surface area contributed by atoms with Crippen molar-refractivity contribution in [2.75, 3.05) is 13.7 Å². The monoisotopic (exact) mass is 197 g/mol. The third kappa shape index (κ3) is 2.82. The Bertz CT molecular complexity index is 272. The molecular weight excluding hydrogens is 178 g/mol. The van der Waals surface area contributed by atoms with E-state index in [0.29, 0.717) is 12.1 Å². The van der Waals surface area contributed by atoms with Gasteiger partial charge in [0, 0.05) is 32.4 Å². The van der Waals surface area contributed by atoms with Crippen molar-refractivity contribution in [2.45, 2.75) is 25.9 Å². The molecule has 0 aliphatic rings. The van der Waals surface area contributed by atoms with Gasteiger partial charge in [0.25, 0.3) is 0 Å². The van der Waals surface area contributed by atoms with E-state index in [9.17, 15) is 0 Å². The van der Waals surface area contributed by atoms with Crippen LogP contribution in [0.2, 0.25) is 0 Å². The molecule has 0 amide bonds. The summed E-state index contributed by atoms with van der Waals surface area (Å²) in [6.07, 6.45) is 1.81. The van der Waals surface area contributed by atoms with Gasteiger partial charge < -0.3 is 10.1 Å². The molecule has 1 rings (SSSR count). The van der Waals surface area contributed by atoms with Crippen LogP contribution in [-0.4, -0.2) is 29.5 Å². The van der Waals surface area contributed by atoms with E-state index in [1.807, 2.05) is 24.0 Å². The van der Waals surface area contributed by atoms with Crippen molar-refractivity contribution in [2.24, 2.45) is 7.05 Å². The van der Waals surface area contributed by atoms with E-state index in [1.165, 1.54) is 5.69 Å². The molecule has 1 aromatic rings. The van der Waals surface area contributed by atoms with Crippen molar-refractivity contribution in [1.29, 1.82) is 0 Å². The van der Waals surface area contributed by atoms with Crippen LogP contribution in [-0.2, 0) is 11.8 Å². The van der Waals surface area contributed by atoms with Crippen LogP contribution in [0.3, 0.4) is 0 Å². The Hall–Kier alpha value is -0.870. The summed E-state index contributed by atoms with van der Waals surface area (Å²) in [5, 5.41) is 7.57. The standard InChI is InChI=1S/C10H19N3O/c1-8(7-14-4)12-9(2)10-5-6-11-13(10)3/h5-6,8-9,12H,7H2,1-4H3. The lowest BCUT2D eigenvalue weighted by atomic mass is 10.2. The molecule has 0 bridgehead atoms. The zero-order valence-corrected chi connectivity index (χ0v) is 9.32. The minimum atomic E-state index is 0.299. The number of rotatable bonds is 5. The van der Waals surface area contributed by atoms with Crippen molar-refractivity contribution in [3.8, 4) is 0 Å². The molecule has 1 N–H and O–H groups in total. The first kappa shape index (κ1) is 11.2. The highest BCUT2D eigenvalue weighted by Gasteiger charge is 2.11. The van der Waals surface area contributed by atoms with Crippen LogP contribution >= 0.6 is 0 Å². The van der Waals surface area contributed by atoms with Crippen LogP contribution in [0.25, 0.3) is 0 Å². The second kappa shape index (κ2) is 5.12. The average molecular weight is 197 g/mol. The summed E-state index contributed by atoms with van der Waals surface area (Å²) in [6, 6.07) is 2.68. The molecule has 4 nitrogen and oxygen atoms in total. The zero-order valence-electron chi connectivity index (χ0n) is 9.32. The fourth-order valence-corrected chi connectivity index (χ4v) is 1.62. The highest BCUT2D eigenvalue weighted by atomic mass is 16.5. The topological polar surface area (TPSA) is 39.1 Å². The first-order valence-electron chi connectivity index (χ1n) is 4.88. The molecule has 0 saturated heterocycles. The highest BCUT2D eigenvalue weighted by molar-refractivity contribution is 5.05. The van der Waals surface area contributed by atoms with Gasteiger partial charge >= 0.3 is 0 Å². The molecule has 2 atom stereocenters. The number of aryl methyl sites for hydroxylation is 1. The molecule has 80 valence electrons. The van der Waals surface area contributed by atoms with Gasteiger partial charge in [-0.3, -0.25) is 4.68 Å². The predicted molar refractivity (Wildman–Crippen MR) is 56.1 cm³/mol. The lowest BCUT2D eigenvalue weighted by Crippen LogP contribution is -2.33. The van der Waals surface area contributed by atoms with Crippen molar-refractivity contribution in [3.05, 3.63) is 18.0 Å². The smallest absolute Gasteiger partial charge is 0.0613 e. The minimum absolute atomic E-state index is 0.299. The maximum atomic E-state index is 5.07. The molecule has 1 aromatic heterocycles. The van der Waals surface area contributed by atoms with E-state index in [2.05, 4.69) is 24.3 Å². The molecule has 0 aliphatic heterocycles.